The number of amides is 1. The molecule has 1 aromatic carbocycles. The maximum Gasteiger partial charge on any atom is 0.246 e. The zero-order valence-electron chi connectivity index (χ0n) is 20.1. The molecule has 3 aromatic rings. The topological polar surface area (TPSA) is 61.4 Å². The van der Waals surface area contributed by atoms with Crippen LogP contribution in [0.5, 0.6) is 0 Å². The smallest absolute Gasteiger partial charge is 0.246 e. The molecule has 0 spiro atoms. The molecular weight excluding hydrogens is 497 g/mol. The Kier molecular flexibility index (Phi) is 6.67. The largest absolute Gasteiger partial charge is 0.340 e. The number of fused-ring (bicyclic) bond motifs is 4. The maximum atomic E-state index is 13.6. The van der Waals surface area contributed by atoms with Crippen LogP contribution in [0.4, 0.5) is 15.9 Å². The fourth-order valence-corrected chi connectivity index (χ4v) is 7.14. The predicted octanol–water partition coefficient (Wildman–Crippen LogP) is 5.79. The van der Waals surface area contributed by atoms with Gasteiger partial charge in [0.2, 0.25) is 5.91 Å². The van der Waals surface area contributed by atoms with Crippen LogP contribution < -0.4 is 5.32 Å². The van der Waals surface area contributed by atoms with Crippen molar-refractivity contribution in [2.75, 3.05) is 31.5 Å². The van der Waals surface area contributed by atoms with Gasteiger partial charge in [0.05, 0.1) is 17.0 Å². The van der Waals surface area contributed by atoms with Crippen molar-refractivity contribution in [1.29, 1.82) is 0 Å². The Labute approximate surface area is 219 Å². The number of halogens is 2. The third-order valence-corrected chi connectivity index (χ3v) is 9.29. The van der Waals surface area contributed by atoms with Crippen LogP contribution in [0.25, 0.3) is 10.2 Å². The van der Waals surface area contributed by atoms with Crippen molar-refractivity contribution in [3.8, 4) is 0 Å². The number of likely N-dealkylation sites (tertiary alicyclic amines) is 1. The summed E-state index contributed by atoms with van der Waals surface area (Å²) in [4.78, 5) is 28.3. The van der Waals surface area contributed by atoms with E-state index < -0.39 is 5.82 Å². The number of benzene rings is 1. The van der Waals surface area contributed by atoms with Crippen molar-refractivity contribution in [2.45, 2.75) is 38.6 Å². The van der Waals surface area contributed by atoms with E-state index in [1.54, 1.807) is 29.5 Å². The number of aromatic nitrogens is 2. The van der Waals surface area contributed by atoms with Crippen molar-refractivity contribution in [1.82, 2.24) is 19.8 Å². The van der Waals surface area contributed by atoms with E-state index in [2.05, 4.69) is 20.2 Å². The zero-order valence-corrected chi connectivity index (χ0v) is 21.6. The van der Waals surface area contributed by atoms with E-state index in [9.17, 15) is 9.18 Å². The van der Waals surface area contributed by atoms with Gasteiger partial charge in [-0.25, -0.2) is 14.4 Å². The van der Waals surface area contributed by atoms with Gasteiger partial charge in [0.15, 0.2) is 0 Å². The number of rotatable bonds is 5. The van der Waals surface area contributed by atoms with Gasteiger partial charge in [-0.1, -0.05) is 17.7 Å². The molecule has 1 saturated heterocycles. The second-order valence-electron chi connectivity index (χ2n) is 10.1. The fourth-order valence-electron chi connectivity index (χ4n) is 5.75. The molecule has 1 N–H and O–H groups in total. The average molecular weight is 526 g/mol. The Bertz CT molecular complexity index is 1330. The van der Waals surface area contributed by atoms with E-state index in [-0.39, 0.29) is 10.9 Å². The van der Waals surface area contributed by atoms with Crippen molar-refractivity contribution >= 4 is 50.6 Å². The summed E-state index contributed by atoms with van der Waals surface area (Å²) in [6.07, 6.45) is 11.5. The molecule has 4 heterocycles. The van der Waals surface area contributed by atoms with Gasteiger partial charge in [-0.15, -0.1) is 11.3 Å². The number of hydrogen-bond donors (Lipinski definition) is 1. The highest BCUT2D eigenvalue weighted by Gasteiger charge is 2.33. The van der Waals surface area contributed by atoms with Gasteiger partial charge in [0, 0.05) is 36.3 Å². The van der Waals surface area contributed by atoms with E-state index in [1.807, 2.05) is 11.0 Å². The first-order valence-corrected chi connectivity index (χ1v) is 13.9. The molecule has 6 rings (SSSR count). The molecule has 1 aliphatic carbocycles. The van der Waals surface area contributed by atoms with Gasteiger partial charge in [0.25, 0.3) is 0 Å². The minimum atomic E-state index is -0.458. The third kappa shape index (κ3) is 4.74. The van der Waals surface area contributed by atoms with Crippen LogP contribution in [-0.4, -0.2) is 51.9 Å². The van der Waals surface area contributed by atoms with Gasteiger partial charge in [-0.3, -0.25) is 9.69 Å². The van der Waals surface area contributed by atoms with Crippen LogP contribution in [0.15, 0.2) is 36.7 Å². The predicted molar refractivity (Wildman–Crippen MR) is 142 cm³/mol. The summed E-state index contributed by atoms with van der Waals surface area (Å²) < 4.78 is 13.6. The van der Waals surface area contributed by atoms with Crippen LogP contribution in [0.2, 0.25) is 5.02 Å². The lowest BCUT2D eigenvalue weighted by Crippen LogP contribution is -2.36. The minimum absolute atomic E-state index is 0.0583. The number of nitrogens with zero attached hydrogens (tertiary/aromatic N) is 4. The fraction of sp³-hybridized carbons (Fsp3) is 0.444. The molecule has 3 aliphatic rings. The van der Waals surface area contributed by atoms with Crippen LogP contribution in [0, 0.1) is 17.7 Å². The molecule has 6 nitrogen and oxygen atoms in total. The summed E-state index contributed by atoms with van der Waals surface area (Å²) in [5.74, 6) is 2.09. The van der Waals surface area contributed by atoms with Crippen LogP contribution >= 0.6 is 22.9 Å². The molecule has 36 heavy (non-hydrogen) atoms. The molecule has 1 saturated carbocycles. The van der Waals surface area contributed by atoms with E-state index in [1.165, 1.54) is 50.2 Å². The van der Waals surface area contributed by atoms with Crippen molar-refractivity contribution in [3.05, 3.63) is 58.0 Å². The highest BCUT2D eigenvalue weighted by atomic mass is 35.5. The minimum Gasteiger partial charge on any atom is -0.340 e. The third-order valence-electron chi connectivity index (χ3n) is 7.87. The summed E-state index contributed by atoms with van der Waals surface area (Å²) in [5, 5.41) is 4.29. The van der Waals surface area contributed by atoms with E-state index >= 15 is 0 Å². The van der Waals surface area contributed by atoms with Crippen LogP contribution in [-0.2, 0) is 17.8 Å². The number of carbonyl (C=O) groups excluding carboxylic acids is 1. The lowest BCUT2D eigenvalue weighted by Gasteiger charge is -2.36. The number of nitrogens with one attached hydrogen (secondary N) is 1. The Morgan fingerprint density at radius 1 is 1.22 bits per heavy atom. The van der Waals surface area contributed by atoms with Gasteiger partial charge < -0.3 is 10.2 Å². The standard InChI is InChI=1S/C27H29ClFN5OS/c28-21-13-19(7-8-22(21)29)32-26-25-20-9-12-34(15-23(20)36-27(25)31-16-30-26)24(35)4-2-11-33-10-1-3-17-5-6-18(17)14-33/h2,4,7-8,13,16-18H,1,3,5-6,9-12,14-15H2,(H,30,31,32)/b4-2+. The first-order chi connectivity index (χ1) is 17.5. The Hall–Kier alpha value is -2.55. The average Bonchev–Trinajstić information content (AvgIpc) is 3.18. The van der Waals surface area contributed by atoms with E-state index in [0.29, 0.717) is 24.6 Å². The summed E-state index contributed by atoms with van der Waals surface area (Å²) in [7, 11) is 0. The molecule has 2 aromatic heterocycles. The Balaban J connectivity index is 1.13. The van der Waals surface area contributed by atoms with Gasteiger partial charge >= 0.3 is 0 Å². The first-order valence-electron chi connectivity index (χ1n) is 12.7. The summed E-state index contributed by atoms with van der Waals surface area (Å²) in [5.41, 5.74) is 1.84. The highest BCUT2D eigenvalue weighted by Crippen LogP contribution is 2.40. The lowest BCUT2D eigenvalue weighted by atomic mass is 9.72. The van der Waals surface area contributed by atoms with E-state index in [0.717, 1.165) is 46.4 Å². The molecule has 2 aliphatic heterocycles. The van der Waals surface area contributed by atoms with Crippen LogP contribution in [0.3, 0.4) is 0 Å². The van der Waals surface area contributed by atoms with Crippen molar-refractivity contribution in [3.63, 3.8) is 0 Å². The highest BCUT2D eigenvalue weighted by molar-refractivity contribution is 7.19. The van der Waals surface area contributed by atoms with Crippen molar-refractivity contribution in [2.24, 2.45) is 11.8 Å². The Morgan fingerprint density at radius 2 is 2.11 bits per heavy atom. The number of anilines is 2. The van der Waals surface area contributed by atoms with Crippen LogP contribution in [0.1, 0.15) is 36.1 Å². The summed E-state index contributed by atoms with van der Waals surface area (Å²) >= 11 is 7.55. The molecule has 2 unspecified atom stereocenters. The molecule has 9 heteroatoms. The number of thiophene rings is 1. The molecule has 2 atom stereocenters. The normalized spacial score (nSPS) is 22.2. The second kappa shape index (κ2) is 10.1. The zero-order chi connectivity index (χ0) is 24.6. The van der Waals surface area contributed by atoms with Crippen molar-refractivity contribution < 1.29 is 9.18 Å². The molecule has 188 valence electrons. The van der Waals surface area contributed by atoms with Gasteiger partial charge in [-0.2, -0.15) is 0 Å². The molecular formula is C27H29ClFN5OS. The maximum absolute atomic E-state index is 13.6. The summed E-state index contributed by atoms with van der Waals surface area (Å²) in [6, 6.07) is 4.52. The lowest BCUT2D eigenvalue weighted by molar-refractivity contribution is -0.126. The molecule has 2 fully saturated rings. The SMILES string of the molecule is O=C(/C=C/CN1CCCC2CCC2C1)N1CCc2c(sc3ncnc(Nc4ccc(F)c(Cl)c4)c23)C1. The quantitative estimate of drug-likeness (QED) is 0.427. The van der Waals surface area contributed by atoms with Gasteiger partial charge in [0.1, 0.15) is 22.8 Å². The van der Waals surface area contributed by atoms with E-state index in [4.69, 9.17) is 11.6 Å². The second-order valence-corrected chi connectivity index (χ2v) is 11.6. The monoisotopic (exact) mass is 525 g/mol. The summed E-state index contributed by atoms with van der Waals surface area (Å²) in [6.45, 7) is 4.41. The molecule has 0 radical (unpaired) electrons. The molecule has 0 bridgehead atoms. The Morgan fingerprint density at radius 3 is 2.94 bits per heavy atom. The number of carbonyl (C=O) groups is 1. The first kappa shape index (κ1) is 23.8. The van der Waals surface area contributed by atoms with Gasteiger partial charge in [-0.05, 0) is 74.2 Å². The molecule has 1 amide bonds. The number of hydrogen-bond acceptors (Lipinski definition) is 6.